The molecular formula is C13H17N5O3. The third-order valence-corrected chi connectivity index (χ3v) is 2.71. The minimum absolute atomic E-state index is 0.207. The Kier molecular flexibility index (Phi) is 3.79. The summed E-state index contributed by atoms with van der Waals surface area (Å²) in [6.07, 6.45) is 4.63. The van der Waals surface area contributed by atoms with Gasteiger partial charge >= 0.3 is 5.97 Å². The minimum Gasteiger partial charge on any atom is -0.480 e. The van der Waals surface area contributed by atoms with Gasteiger partial charge in [-0.1, -0.05) is 0 Å². The van der Waals surface area contributed by atoms with Crippen molar-refractivity contribution in [2.45, 2.75) is 32.9 Å². The smallest absolute Gasteiger partial charge is 0.325 e. The Labute approximate surface area is 121 Å². The molecule has 2 rings (SSSR count). The second kappa shape index (κ2) is 5.39. The number of aliphatic carboxylic acids is 1. The average molecular weight is 291 g/mol. The first-order valence-electron chi connectivity index (χ1n) is 6.37. The Balaban J connectivity index is 2.06. The number of aromatic nitrogens is 4. The SMILES string of the molecule is CC(C)(C)n1cc(C(=O)Nc2ccn(CC(=O)O)n2)cn1. The molecule has 0 atom stereocenters. The van der Waals surface area contributed by atoms with Crippen LogP contribution in [0.1, 0.15) is 31.1 Å². The molecule has 2 aromatic heterocycles. The Hall–Kier alpha value is -2.64. The number of nitrogens with one attached hydrogen (secondary N) is 1. The van der Waals surface area contributed by atoms with Crippen LogP contribution in [0.3, 0.4) is 0 Å². The molecule has 112 valence electrons. The Morgan fingerprint density at radius 2 is 2.10 bits per heavy atom. The van der Waals surface area contributed by atoms with Gasteiger partial charge in [0.1, 0.15) is 6.54 Å². The monoisotopic (exact) mass is 291 g/mol. The van der Waals surface area contributed by atoms with Crippen LogP contribution in [-0.4, -0.2) is 36.5 Å². The largest absolute Gasteiger partial charge is 0.480 e. The molecule has 0 aliphatic rings. The topological polar surface area (TPSA) is 102 Å². The number of carboxylic acid groups (broad SMARTS) is 1. The highest BCUT2D eigenvalue weighted by Crippen LogP contribution is 2.14. The molecule has 0 spiro atoms. The van der Waals surface area contributed by atoms with E-state index in [0.717, 1.165) is 0 Å². The van der Waals surface area contributed by atoms with Crippen molar-refractivity contribution in [3.8, 4) is 0 Å². The fourth-order valence-electron chi connectivity index (χ4n) is 1.65. The summed E-state index contributed by atoms with van der Waals surface area (Å²) < 4.78 is 2.93. The second-order valence-electron chi connectivity index (χ2n) is 5.59. The molecule has 8 heteroatoms. The zero-order valence-electron chi connectivity index (χ0n) is 12.1. The molecule has 0 fully saturated rings. The van der Waals surface area contributed by atoms with Gasteiger partial charge in [-0.15, -0.1) is 0 Å². The molecule has 8 nitrogen and oxygen atoms in total. The van der Waals surface area contributed by atoms with Crippen LogP contribution in [0.15, 0.2) is 24.7 Å². The number of carboxylic acids is 1. The zero-order valence-corrected chi connectivity index (χ0v) is 12.1. The first-order valence-corrected chi connectivity index (χ1v) is 6.37. The predicted molar refractivity (Wildman–Crippen MR) is 75.0 cm³/mol. The molecule has 21 heavy (non-hydrogen) atoms. The summed E-state index contributed by atoms with van der Waals surface area (Å²) in [4.78, 5) is 22.6. The molecule has 2 heterocycles. The van der Waals surface area contributed by atoms with Crippen molar-refractivity contribution in [1.82, 2.24) is 19.6 Å². The van der Waals surface area contributed by atoms with Crippen molar-refractivity contribution in [1.29, 1.82) is 0 Å². The Bertz CT molecular complexity index is 665. The van der Waals surface area contributed by atoms with Gasteiger partial charge < -0.3 is 10.4 Å². The van der Waals surface area contributed by atoms with E-state index in [2.05, 4.69) is 15.5 Å². The summed E-state index contributed by atoms with van der Waals surface area (Å²) in [5.74, 6) is -1.04. The molecule has 2 N–H and O–H groups in total. The summed E-state index contributed by atoms with van der Waals surface area (Å²) in [5.41, 5.74) is 0.208. The van der Waals surface area contributed by atoms with Crippen molar-refractivity contribution < 1.29 is 14.7 Å². The van der Waals surface area contributed by atoms with Crippen LogP contribution < -0.4 is 5.32 Å². The first kappa shape index (κ1) is 14.8. The third kappa shape index (κ3) is 3.68. The molecule has 0 aromatic carbocycles. The summed E-state index contributed by atoms with van der Waals surface area (Å²) >= 11 is 0. The number of hydrogen-bond donors (Lipinski definition) is 2. The lowest BCUT2D eigenvalue weighted by Crippen LogP contribution is -2.22. The number of anilines is 1. The summed E-state index contributed by atoms with van der Waals surface area (Å²) in [7, 11) is 0. The van der Waals surface area contributed by atoms with Gasteiger partial charge in [0.25, 0.3) is 5.91 Å². The third-order valence-electron chi connectivity index (χ3n) is 2.71. The standard InChI is InChI=1S/C13H17N5O3/c1-13(2,3)18-7-9(6-14-18)12(21)15-10-4-5-17(16-10)8-11(19)20/h4-7H,8H2,1-3H3,(H,19,20)(H,15,16,21). The van der Waals surface area contributed by atoms with Gasteiger partial charge in [-0.05, 0) is 20.8 Å². The van der Waals surface area contributed by atoms with E-state index in [0.29, 0.717) is 11.4 Å². The quantitative estimate of drug-likeness (QED) is 0.880. The maximum absolute atomic E-state index is 12.1. The van der Waals surface area contributed by atoms with Crippen molar-refractivity contribution in [3.63, 3.8) is 0 Å². The van der Waals surface area contributed by atoms with Gasteiger partial charge in [0.2, 0.25) is 0 Å². The van der Waals surface area contributed by atoms with Crippen molar-refractivity contribution in [2.24, 2.45) is 0 Å². The Morgan fingerprint density at radius 1 is 1.38 bits per heavy atom. The minimum atomic E-state index is -0.998. The molecular weight excluding hydrogens is 274 g/mol. The lowest BCUT2D eigenvalue weighted by Gasteiger charge is -2.18. The van der Waals surface area contributed by atoms with E-state index in [1.807, 2.05) is 20.8 Å². The van der Waals surface area contributed by atoms with Crippen LogP contribution in [0.4, 0.5) is 5.82 Å². The first-order chi connectivity index (χ1) is 9.75. The van der Waals surface area contributed by atoms with Gasteiger partial charge in [0.15, 0.2) is 5.82 Å². The molecule has 1 amide bonds. The molecule has 0 radical (unpaired) electrons. The summed E-state index contributed by atoms with van der Waals surface area (Å²) in [6.45, 7) is 5.69. The van der Waals surface area contributed by atoms with E-state index in [1.165, 1.54) is 23.1 Å². The van der Waals surface area contributed by atoms with Crippen LogP contribution in [-0.2, 0) is 16.9 Å². The molecule has 2 aromatic rings. The van der Waals surface area contributed by atoms with Crippen LogP contribution in [0.5, 0.6) is 0 Å². The van der Waals surface area contributed by atoms with Crippen molar-refractivity contribution in [3.05, 3.63) is 30.2 Å². The van der Waals surface area contributed by atoms with Crippen LogP contribution in [0.25, 0.3) is 0 Å². The average Bonchev–Trinajstić information content (AvgIpc) is 2.96. The van der Waals surface area contributed by atoms with Gasteiger partial charge in [0, 0.05) is 18.5 Å². The van der Waals surface area contributed by atoms with Crippen molar-refractivity contribution in [2.75, 3.05) is 5.32 Å². The van der Waals surface area contributed by atoms with Crippen LogP contribution in [0.2, 0.25) is 0 Å². The van der Waals surface area contributed by atoms with E-state index in [1.54, 1.807) is 10.9 Å². The molecule has 0 saturated carbocycles. The normalized spacial score (nSPS) is 11.4. The molecule has 0 aliphatic carbocycles. The Morgan fingerprint density at radius 3 is 2.67 bits per heavy atom. The van der Waals surface area contributed by atoms with Crippen LogP contribution >= 0.6 is 0 Å². The number of amides is 1. The van der Waals surface area contributed by atoms with E-state index in [9.17, 15) is 9.59 Å². The maximum atomic E-state index is 12.1. The number of nitrogens with zero attached hydrogens (tertiary/aromatic N) is 4. The lowest BCUT2D eigenvalue weighted by molar-refractivity contribution is -0.137. The highest BCUT2D eigenvalue weighted by Gasteiger charge is 2.17. The van der Waals surface area contributed by atoms with Crippen LogP contribution in [0, 0.1) is 0 Å². The van der Waals surface area contributed by atoms with Gasteiger partial charge in [-0.2, -0.15) is 10.2 Å². The molecule has 0 saturated heterocycles. The number of carbonyl (C=O) groups excluding carboxylic acids is 1. The van der Waals surface area contributed by atoms with E-state index in [-0.39, 0.29) is 18.0 Å². The molecule has 0 aliphatic heterocycles. The van der Waals surface area contributed by atoms with Gasteiger partial charge in [-0.25, -0.2) is 0 Å². The van der Waals surface area contributed by atoms with Gasteiger partial charge in [-0.3, -0.25) is 19.0 Å². The fourth-order valence-corrected chi connectivity index (χ4v) is 1.65. The zero-order chi connectivity index (χ0) is 15.6. The fraction of sp³-hybridized carbons (Fsp3) is 0.385. The van der Waals surface area contributed by atoms with E-state index in [4.69, 9.17) is 5.11 Å². The summed E-state index contributed by atoms with van der Waals surface area (Å²) in [5, 5.41) is 19.4. The second-order valence-corrected chi connectivity index (χ2v) is 5.59. The highest BCUT2D eigenvalue weighted by molar-refractivity contribution is 6.03. The molecule has 0 unspecified atom stereocenters. The maximum Gasteiger partial charge on any atom is 0.325 e. The number of rotatable bonds is 4. The predicted octanol–water partition coefficient (Wildman–Crippen LogP) is 1.17. The highest BCUT2D eigenvalue weighted by atomic mass is 16.4. The molecule has 0 bridgehead atoms. The van der Waals surface area contributed by atoms with E-state index < -0.39 is 5.97 Å². The lowest BCUT2D eigenvalue weighted by atomic mass is 10.1. The van der Waals surface area contributed by atoms with Crippen molar-refractivity contribution >= 4 is 17.7 Å². The van der Waals surface area contributed by atoms with E-state index >= 15 is 0 Å². The van der Waals surface area contributed by atoms with Gasteiger partial charge in [0.05, 0.1) is 17.3 Å². The number of carbonyl (C=O) groups is 2. The summed E-state index contributed by atoms with van der Waals surface area (Å²) in [6, 6.07) is 1.54. The number of hydrogen-bond acceptors (Lipinski definition) is 4.